The Kier molecular flexibility index (Phi) is 5.45. The molecule has 0 aromatic rings. The highest BCUT2D eigenvalue weighted by atomic mass is 15.1. The summed E-state index contributed by atoms with van der Waals surface area (Å²) in [6, 6.07) is 0.685. The molecule has 3 N–H and O–H groups in total. The lowest BCUT2D eigenvalue weighted by Crippen LogP contribution is -2.39. The number of likely N-dealkylation sites (N-methyl/N-ethyl adjacent to an activating group) is 1. The van der Waals surface area contributed by atoms with Gasteiger partial charge in [-0.15, -0.1) is 0 Å². The molecule has 0 aromatic heterocycles. The first kappa shape index (κ1) is 12.0. The van der Waals surface area contributed by atoms with Crippen LogP contribution in [0, 0.1) is 5.92 Å². The van der Waals surface area contributed by atoms with E-state index in [-0.39, 0.29) is 0 Å². The van der Waals surface area contributed by atoms with Crippen LogP contribution < -0.4 is 11.1 Å². The average molecular weight is 199 g/mol. The van der Waals surface area contributed by atoms with E-state index < -0.39 is 0 Å². The quantitative estimate of drug-likeness (QED) is 0.660. The molecule has 0 amide bonds. The third kappa shape index (κ3) is 3.56. The van der Waals surface area contributed by atoms with Gasteiger partial charge in [0.05, 0.1) is 0 Å². The van der Waals surface area contributed by atoms with Crippen LogP contribution in [0.25, 0.3) is 0 Å². The monoisotopic (exact) mass is 199 g/mol. The highest BCUT2D eigenvalue weighted by Crippen LogP contribution is 2.24. The van der Waals surface area contributed by atoms with E-state index in [1.165, 1.54) is 19.3 Å². The summed E-state index contributed by atoms with van der Waals surface area (Å²) in [5.41, 5.74) is 5.73. The molecular formula is C11H25N3. The van der Waals surface area contributed by atoms with Crippen molar-refractivity contribution in [2.45, 2.75) is 32.2 Å². The summed E-state index contributed by atoms with van der Waals surface area (Å²) in [5.74, 6) is 0.724. The van der Waals surface area contributed by atoms with Gasteiger partial charge in [0.2, 0.25) is 0 Å². The second-order valence-electron chi connectivity index (χ2n) is 4.38. The van der Waals surface area contributed by atoms with Gasteiger partial charge >= 0.3 is 0 Å². The first-order chi connectivity index (χ1) is 6.77. The maximum atomic E-state index is 5.73. The van der Waals surface area contributed by atoms with E-state index in [9.17, 15) is 0 Å². The van der Waals surface area contributed by atoms with E-state index in [1.54, 1.807) is 0 Å². The second-order valence-corrected chi connectivity index (χ2v) is 4.38. The molecule has 84 valence electrons. The zero-order chi connectivity index (χ0) is 10.4. The molecule has 1 saturated carbocycles. The Bertz CT molecular complexity index is 149. The predicted octanol–water partition coefficient (Wildman–Crippen LogP) is 0.655. The minimum absolute atomic E-state index is 0.685. The van der Waals surface area contributed by atoms with E-state index >= 15 is 0 Å². The third-order valence-corrected chi connectivity index (χ3v) is 3.40. The van der Waals surface area contributed by atoms with Crippen molar-refractivity contribution in [1.82, 2.24) is 10.2 Å². The first-order valence-corrected chi connectivity index (χ1v) is 5.90. The lowest BCUT2D eigenvalue weighted by atomic mass is 10.0. The van der Waals surface area contributed by atoms with Crippen LogP contribution >= 0.6 is 0 Å². The molecule has 0 aliphatic heterocycles. The number of nitrogens with two attached hydrogens (primary N) is 1. The SMILES string of the molecule is CCN(C)CCNC1CCCC1CN. The van der Waals surface area contributed by atoms with Crippen molar-refractivity contribution < 1.29 is 0 Å². The Hall–Kier alpha value is -0.120. The van der Waals surface area contributed by atoms with E-state index in [1.807, 2.05) is 0 Å². The molecule has 0 spiro atoms. The molecule has 14 heavy (non-hydrogen) atoms. The molecule has 1 rings (SSSR count). The highest BCUT2D eigenvalue weighted by Gasteiger charge is 2.24. The summed E-state index contributed by atoms with van der Waals surface area (Å²) < 4.78 is 0. The van der Waals surface area contributed by atoms with Crippen molar-refractivity contribution in [2.24, 2.45) is 11.7 Å². The minimum Gasteiger partial charge on any atom is -0.330 e. The van der Waals surface area contributed by atoms with Gasteiger partial charge in [0.25, 0.3) is 0 Å². The van der Waals surface area contributed by atoms with Crippen molar-refractivity contribution in [3.8, 4) is 0 Å². The fourth-order valence-corrected chi connectivity index (χ4v) is 2.19. The molecule has 0 heterocycles. The molecule has 0 radical (unpaired) electrons. The van der Waals surface area contributed by atoms with Gasteiger partial charge in [0.1, 0.15) is 0 Å². The second kappa shape index (κ2) is 6.38. The zero-order valence-corrected chi connectivity index (χ0v) is 9.63. The van der Waals surface area contributed by atoms with Gasteiger partial charge < -0.3 is 16.0 Å². The lowest BCUT2D eigenvalue weighted by Gasteiger charge is -2.21. The molecule has 0 bridgehead atoms. The maximum absolute atomic E-state index is 5.73. The average Bonchev–Trinajstić information content (AvgIpc) is 2.65. The third-order valence-electron chi connectivity index (χ3n) is 3.40. The Labute approximate surface area is 88.0 Å². The van der Waals surface area contributed by atoms with Crippen molar-refractivity contribution in [3.63, 3.8) is 0 Å². The highest BCUT2D eigenvalue weighted by molar-refractivity contribution is 4.83. The topological polar surface area (TPSA) is 41.3 Å². The van der Waals surface area contributed by atoms with Gasteiger partial charge in [-0.1, -0.05) is 13.3 Å². The number of rotatable bonds is 6. The molecule has 3 nitrogen and oxygen atoms in total. The molecule has 2 unspecified atom stereocenters. The Morgan fingerprint density at radius 3 is 2.86 bits per heavy atom. The van der Waals surface area contributed by atoms with Crippen molar-refractivity contribution in [2.75, 3.05) is 33.2 Å². The van der Waals surface area contributed by atoms with E-state index in [0.717, 1.165) is 32.1 Å². The molecule has 1 aliphatic carbocycles. The number of nitrogens with zero attached hydrogens (tertiary/aromatic N) is 1. The van der Waals surface area contributed by atoms with Gasteiger partial charge in [-0.2, -0.15) is 0 Å². The number of hydrogen-bond acceptors (Lipinski definition) is 3. The Balaban J connectivity index is 2.11. The standard InChI is InChI=1S/C11H25N3/c1-3-14(2)8-7-13-11-6-4-5-10(11)9-12/h10-11,13H,3-9,12H2,1-2H3. The van der Waals surface area contributed by atoms with Gasteiger partial charge in [-0.05, 0) is 38.9 Å². The summed E-state index contributed by atoms with van der Waals surface area (Å²) in [4.78, 5) is 2.33. The van der Waals surface area contributed by atoms with Crippen LogP contribution in [0.4, 0.5) is 0 Å². The molecule has 0 aromatic carbocycles. The summed E-state index contributed by atoms with van der Waals surface area (Å²) in [6.45, 7) is 6.42. The van der Waals surface area contributed by atoms with Gasteiger partial charge in [-0.25, -0.2) is 0 Å². The van der Waals surface area contributed by atoms with Crippen LogP contribution in [0.15, 0.2) is 0 Å². The summed E-state index contributed by atoms with van der Waals surface area (Å²) in [5, 5.41) is 3.63. The van der Waals surface area contributed by atoms with Crippen LogP contribution in [0.1, 0.15) is 26.2 Å². The van der Waals surface area contributed by atoms with Gasteiger partial charge in [0.15, 0.2) is 0 Å². The van der Waals surface area contributed by atoms with Gasteiger partial charge in [0, 0.05) is 19.1 Å². The summed E-state index contributed by atoms with van der Waals surface area (Å²) in [6.07, 6.45) is 3.98. The van der Waals surface area contributed by atoms with Crippen molar-refractivity contribution in [3.05, 3.63) is 0 Å². The maximum Gasteiger partial charge on any atom is 0.0108 e. The van der Waals surface area contributed by atoms with Gasteiger partial charge in [-0.3, -0.25) is 0 Å². The summed E-state index contributed by atoms with van der Waals surface area (Å²) >= 11 is 0. The zero-order valence-electron chi connectivity index (χ0n) is 9.63. The van der Waals surface area contributed by atoms with E-state index in [2.05, 4.69) is 24.2 Å². The van der Waals surface area contributed by atoms with Crippen molar-refractivity contribution >= 4 is 0 Å². The van der Waals surface area contributed by atoms with Crippen LogP contribution in [-0.4, -0.2) is 44.2 Å². The number of hydrogen-bond donors (Lipinski definition) is 2. The van der Waals surface area contributed by atoms with Crippen LogP contribution in [0.5, 0.6) is 0 Å². The molecule has 3 heteroatoms. The Morgan fingerprint density at radius 2 is 2.21 bits per heavy atom. The van der Waals surface area contributed by atoms with E-state index in [0.29, 0.717) is 6.04 Å². The molecular weight excluding hydrogens is 174 g/mol. The predicted molar refractivity (Wildman–Crippen MR) is 61.4 cm³/mol. The van der Waals surface area contributed by atoms with E-state index in [4.69, 9.17) is 5.73 Å². The van der Waals surface area contributed by atoms with Crippen molar-refractivity contribution in [1.29, 1.82) is 0 Å². The molecule has 1 aliphatic rings. The van der Waals surface area contributed by atoms with Crippen LogP contribution in [0.3, 0.4) is 0 Å². The fourth-order valence-electron chi connectivity index (χ4n) is 2.19. The lowest BCUT2D eigenvalue weighted by molar-refractivity contribution is 0.324. The Morgan fingerprint density at radius 1 is 1.43 bits per heavy atom. The smallest absolute Gasteiger partial charge is 0.0108 e. The molecule has 0 saturated heterocycles. The summed E-state index contributed by atoms with van der Waals surface area (Å²) in [7, 11) is 2.16. The largest absolute Gasteiger partial charge is 0.330 e. The molecule has 2 atom stereocenters. The minimum atomic E-state index is 0.685. The first-order valence-electron chi connectivity index (χ1n) is 5.90. The van der Waals surface area contributed by atoms with Crippen LogP contribution in [-0.2, 0) is 0 Å². The molecule has 1 fully saturated rings. The van der Waals surface area contributed by atoms with Crippen LogP contribution in [0.2, 0.25) is 0 Å². The number of nitrogens with one attached hydrogen (secondary N) is 1. The fraction of sp³-hybridized carbons (Fsp3) is 1.00. The normalized spacial score (nSPS) is 27.4.